The number of anilines is 1. The van der Waals surface area contributed by atoms with Gasteiger partial charge in [-0.1, -0.05) is 0 Å². The van der Waals surface area contributed by atoms with Crippen LogP contribution in [0.15, 0.2) is 16.6 Å². The van der Waals surface area contributed by atoms with Gasteiger partial charge < -0.3 is 10.1 Å². The Balaban J connectivity index is 3.32. The molecule has 0 heterocycles. The van der Waals surface area contributed by atoms with E-state index in [0.29, 0.717) is 0 Å². The highest BCUT2D eigenvalue weighted by molar-refractivity contribution is 9.10. The van der Waals surface area contributed by atoms with Crippen molar-refractivity contribution in [3.63, 3.8) is 0 Å². The molecule has 1 rings (SSSR count). The van der Waals surface area contributed by atoms with Crippen LogP contribution >= 0.6 is 15.9 Å². The highest BCUT2D eigenvalue weighted by Crippen LogP contribution is 2.27. The third-order valence-electron chi connectivity index (χ3n) is 1.80. The van der Waals surface area contributed by atoms with Gasteiger partial charge >= 0.3 is 5.97 Å². The lowest BCUT2D eigenvalue weighted by atomic mass is 10.1. The number of carbonyl (C=O) groups excluding carboxylic acids is 2. The number of benzene rings is 1. The van der Waals surface area contributed by atoms with Crippen molar-refractivity contribution >= 4 is 33.5 Å². The largest absolute Gasteiger partial charge is 0.465 e. The summed E-state index contributed by atoms with van der Waals surface area (Å²) in [6, 6.07) is 2.73. The second kappa shape index (κ2) is 5.07. The van der Waals surface area contributed by atoms with Crippen molar-refractivity contribution in [2.24, 2.45) is 0 Å². The average molecular weight is 290 g/mol. The molecule has 86 valence electrons. The fourth-order valence-electron chi connectivity index (χ4n) is 1.13. The van der Waals surface area contributed by atoms with Gasteiger partial charge in [-0.25, -0.2) is 9.18 Å². The number of amides is 1. The van der Waals surface area contributed by atoms with E-state index in [1.807, 2.05) is 0 Å². The van der Waals surface area contributed by atoms with Crippen LogP contribution in [0.4, 0.5) is 10.1 Å². The van der Waals surface area contributed by atoms with Crippen LogP contribution in [0.1, 0.15) is 17.3 Å². The van der Waals surface area contributed by atoms with Gasteiger partial charge in [-0.05, 0) is 28.1 Å². The summed E-state index contributed by atoms with van der Waals surface area (Å²) in [5.74, 6) is -1.89. The van der Waals surface area contributed by atoms with E-state index >= 15 is 0 Å². The quantitative estimate of drug-likeness (QED) is 0.850. The Morgan fingerprint density at radius 1 is 1.44 bits per heavy atom. The summed E-state index contributed by atoms with van der Waals surface area (Å²) in [6.45, 7) is 1.22. The molecule has 0 radical (unpaired) electrons. The van der Waals surface area contributed by atoms with Gasteiger partial charge in [0.2, 0.25) is 5.91 Å². The normalized spacial score (nSPS) is 9.75. The summed E-state index contributed by atoms with van der Waals surface area (Å²) >= 11 is 2.96. The second-order valence-corrected chi connectivity index (χ2v) is 3.81. The van der Waals surface area contributed by atoms with Crippen LogP contribution in [0, 0.1) is 5.82 Å². The summed E-state index contributed by atoms with van der Waals surface area (Å²) in [6.07, 6.45) is 0. The predicted molar refractivity (Wildman–Crippen MR) is 59.7 cm³/mol. The minimum absolute atomic E-state index is 0.0293. The van der Waals surface area contributed by atoms with Gasteiger partial charge in [0.15, 0.2) is 5.82 Å². The molecule has 0 bridgehead atoms. The summed E-state index contributed by atoms with van der Waals surface area (Å²) in [7, 11) is 1.18. The Labute approximate surface area is 99.9 Å². The van der Waals surface area contributed by atoms with Crippen molar-refractivity contribution in [3.05, 3.63) is 28.0 Å². The number of hydrogen-bond acceptors (Lipinski definition) is 3. The minimum Gasteiger partial charge on any atom is -0.465 e. The Hall–Kier alpha value is -1.43. The van der Waals surface area contributed by atoms with Crippen molar-refractivity contribution in [3.8, 4) is 0 Å². The first-order valence-corrected chi connectivity index (χ1v) is 5.10. The van der Waals surface area contributed by atoms with E-state index in [4.69, 9.17) is 0 Å². The van der Waals surface area contributed by atoms with Crippen LogP contribution in [-0.2, 0) is 9.53 Å². The molecule has 0 saturated heterocycles. The summed E-state index contributed by atoms with van der Waals surface area (Å²) in [5, 5.41) is 2.25. The molecule has 1 aromatic rings. The number of esters is 1. The van der Waals surface area contributed by atoms with Gasteiger partial charge in [0.25, 0.3) is 0 Å². The molecule has 0 aliphatic rings. The first kappa shape index (κ1) is 12.6. The maximum atomic E-state index is 13.6. The number of nitrogens with one attached hydrogen (secondary N) is 1. The maximum Gasteiger partial charge on any atom is 0.340 e. The first-order valence-electron chi connectivity index (χ1n) is 4.31. The van der Waals surface area contributed by atoms with Crippen LogP contribution in [0.5, 0.6) is 0 Å². The molecule has 0 spiro atoms. The molecule has 0 unspecified atom stereocenters. The third kappa shape index (κ3) is 2.57. The van der Waals surface area contributed by atoms with Crippen LogP contribution in [0.3, 0.4) is 0 Å². The zero-order valence-corrected chi connectivity index (χ0v) is 10.2. The standard InChI is InChI=1S/C10H9BrFNO3/c1-5(14)13-9-6(10(15)16-2)3-4-7(11)8(9)12/h3-4H,1-2H3,(H,13,14). The van der Waals surface area contributed by atoms with Gasteiger partial charge in [0.05, 0.1) is 22.8 Å². The molecule has 4 nitrogen and oxygen atoms in total. The predicted octanol–water partition coefficient (Wildman–Crippen LogP) is 2.33. The van der Waals surface area contributed by atoms with Crippen molar-refractivity contribution in [1.29, 1.82) is 0 Å². The zero-order valence-electron chi connectivity index (χ0n) is 8.64. The zero-order chi connectivity index (χ0) is 12.3. The lowest BCUT2D eigenvalue weighted by Crippen LogP contribution is -2.14. The first-order chi connectivity index (χ1) is 7.47. The lowest BCUT2D eigenvalue weighted by Gasteiger charge is -2.10. The van der Waals surface area contributed by atoms with E-state index in [9.17, 15) is 14.0 Å². The molecular formula is C10H9BrFNO3. The SMILES string of the molecule is COC(=O)c1ccc(Br)c(F)c1NC(C)=O. The number of rotatable bonds is 2. The van der Waals surface area contributed by atoms with E-state index in [-0.39, 0.29) is 15.7 Å². The summed E-state index contributed by atoms with van der Waals surface area (Å²) in [5.41, 5.74) is -0.216. The molecular weight excluding hydrogens is 281 g/mol. The van der Waals surface area contributed by atoms with E-state index in [0.717, 1.165) is 0 Å². The Morgan fingerprint density at radius 3 is 2.56 bits per heavy atom. The lowest BCUT2D eigenvalue weighted by molar-refractivity contribution is -0.114. The molecule has 0 aromatic heterocycles. The van der Waals surface area contributed by atoms with Gasteiger partial charge in [-0.3, -0.25) is 4.79 Å². The fraction of sp³-hybridized carbons (Fsp3) is 0.200. The fourth-order valence-corrected chi connectivity index (χ4v) is 1.46. The second-order valence-electron chi connectivity index (χ2n) is 2.96. The number of carbonyl (C=O) groups is 2. The molecule has 0 fully saturated rings. The van der Waals surface area contributed by atoms with E-state index in [2.05, 4.69) is 26.0 Å². The molecule has 0 atom stereocenters. The van der Waals surface area contributed by atoms with Crippen LogP contribution < -0.4 is 5.32 Å². The Kier molecular flexibility index (Phi) is 4.00. The molecule has 6 heteroatoms. The topological polar surface area (TPSA) is 55.4 Å². The number of ether oxygens (including phenoxy) is 1. The van der Waals surface area contributed by atoms with Crippen molar-refractivity contribution in [1.82, 2.24) is 0 Å². The molecule has 16 heavy (non-hydrogen) atoms. The monoisotopic (exact) mass is 289 g/mol. The third-order valence-corrected chi connectivity index (χ3v) is 2.41. The summed E-state index contributed by atoms with van der Waals surface area (Å²) in [4.78, 5) is 22.2. The van der Waals surface area contributed by atoms with Gasteiger partial charge in [0.1, 0.15) is 0 Å². The molecule has 0 aliphatic carbocycles. The Bertz CT molecular complexity index is 448. The summed E-state index contributed by atoms with van der Waals surface area (Å²) < 4.78 is 18.3. The molecule has 0 aliphatic heterocycles. The van der Waals surface area contributed by atoms with Crippen molar-refractivity contribution < 1.29 is 18.7 Å². The minimum atomic E-state index is -0.713. The molecule has 1 amide bonds. The number of halogens is 2. The van der Waals surface area contributed by atoms with E-state index < -0.39 is 17.7 Å². The molecule has 1 N–H and O–H groups in total. The number of hydrogen-bond donors (Lipinski definition) is 1. The molecule has 0 saturated carbocycles. The van der Waals surface area contributed by atoms with Crippen LogP contribution in [0.2, 0.25) is 0 Å². The smallest absolute Gasteiger partial charge is 0.340 e. The van der Waals surface area contributed by atoms with E-state index in [1.54, 1.807) is 0 Å². The number of methoxy groups -OCH3 is 1. The van der Waals surface area contributed by atoms with Crippen LogP contribution in [0.25, 0.3) is 0 Å². The highest BCUT2D eigenvalue weighted by Gasteiger charge is 2.18. The maximum absolute atomic E-state index is 13.6. The Morgan fingerprint density at radius 2 is 2.06 bits per heavy atom. The van der Waals surface area contributed by atoms with Crippen molar-refractivity contribution in [2.75, 3.05) is 12.4 Å². The van der Waals surface area contributed by atoms with Gasteiger partial charge in [-0.2, -0.15) is 0 Å². The van der Waals surface area contributed by atoms with E-state index in [1.165, 1.54) is 26.2 Å². The molecule has 1 aromatic carbocycles. The van der Waals surface area contributed by atoms with Crippen molar-refractivity contribution in [2.45, 2.75) is 6.92 Å². The average Bonchev–Trinajstić information content (AvgIpc) is 2.23. The van der Waals surface area contributed by atoms with Gasteiger partial charge in [0, 0.05) is 6.92 Å². The highest BCUT2D eigenvalue weighted by atomic mass is 79.9. The van der Waals surface area contributed by atoms with Crippen LogP contribution in [-0.4, -0.2) is 19.0 Å². The van der Waals surface area contributed by atoms with Gasteiger partial charge in [-0.15, -0.1) is 0 Å².